The normalized spacial score (nSPS) is 10.1. The molecular formula is C14H10F2N2O4. The molecule has 2 rings (SSSR count). The smallest absolute Gasteiger partial charge is 0.412 e. The summed E-state index contributed by atoms with van der Waals surface area (Å²) in [7, 11) is 0. The van der Waals surface area contributed by atoms with Crippen molar-refractivity contribution in [3.63, 3.8) is 0 Å². The molecule has 1 N–H and O–H groups in total. The predicted molar refractivity (Wildman–Crippen MR) is 73.3 cm³/mol. The molecule has 0 heterocycles. The van der Waals surface area contributed by atoms with Crippen molar-refractivity contribution in [3.8, 4) is 0 Å². The van der Waals surface area contributed by atoms with Gasteiger partial charge in [-0.15, -0.1) is 0 Å². The molecule has 0 spiro atoms. The second-order valence-corrected chi connectivity index (χ2v) is 4.20. The quantitative estimate of drug-likeness (QED) is 0.691. The number of anilines is 1. The molecule has 22 heavy (non-hydrogen) atoms. The van der Waals surface area contributed by atoms with Crippen molar-refractivity contribution in [2.45, 2.75) is 6.61 Å². The van der Waals surface area contributed by atoms with Gasteiger partial charge in [-0.05, 0) is 11.6 Å². The van der Waals surface area contributed by atoms with Gasteiger partial charge in [0.2, 0.25) is 5.82 Å². The molecule has 0 aliphatic carbocycles. The van der Waals surface area contributed by atoms with E-state index in [0.29, 0.717) is 17.7 Å². The van der Waals surface area contributed by atoms with Crippen molar-refractivity contribution in [2.24, 2.45) is 0 Å². The SMILES string of the molecule is O=C(Nc1c(F)ccc([N+](=O)[O-])c1F)OCc1ccccc1. The number of halogens is 2. The van der Waals surface area contributed by atoms with Gasteiger partial charge in [-0.1, -0.05) is 30.3 Å². The molecule has 0 bridgehead atoms. The summed E-state index contributed by atoms with van der Waals surface area (Å²) in [5.41, 5.74) is -1.19. The maximum atomic E-state index is 13.8. The van der Waals surface area contributed by atoms with E-state index in [4.69, 9.17) is 4.74 Å². The van der Waals surface area contributed by atoms with Gasteiger partial charge in [0, 0.05) is 6.07 Å². The average molecular weight is 308 g/mol. The Bertz CT molecular complexity index is 707. The van der Waals surface area contributed by atoms with E-state index in [2.05, 4.69) is 0 Å². The third-order valence-corrected chi connectivity index (χ3v) is 2.71. The molecule has 2 aromatic carbocycles. The number of nitrogens with one attached hydrogen (secondary N) is 1. The van der Waals surface area contributed by atoms with Crippen LogP contribution in [0.4, 0.5) is 25.0 Å². The van der Waals surface area contributed by atoms with Crippen LogP contribution in [0, 0.1) is 21.7 Å². The fraction of sp³-hybridized carbons (Fsp3) is 0.0714. The van der Waals surface area contributed by atoms with Gasteiger partial charge in [-0.2, -0.15) is 4.39 Å². The largest absolute Gasteiger partial charge is 0.444 e. The number of carbonyl (C=O) groups is 1. The molecule has 0 radical (unpaired) electrons. The van der Waals surface area contributed by atoms with E-state index < -0.39 is 34.0 Å². The maximum Gasteiger partial charge on any atom is 0.412 e. The Balaban J connectivity index is 2.08. The van der Waals surface area contributed by atoms with Crippen molar-refractivity contribution in [1.29, 1.82) is 0 Å². The van der Waals surface area contributed by atoms with Crippen molar-refractivity contribution in [2.75, 3.05) is 5.32 Å². The average Bonchev–Trinajstić information content (AvgIpc) is 2.50. The van der Waals surface area contributed by atoms with Gasteiger partial charge in [0.25, 0.3) is 0 Å². The van der Waals surface area contributed by atoms with Crippen molar-refractivity contribution in [3.05, 3.63) is 69.8 Å². The topological polar surface area (TPSA) is 81.5 Å². The molecule has 0 saturated heterocycles. The van der Waals surface area contributed by atoms with Crippen LogP contribution < -0.4 is 5.32 Å². The van der Waals surface area contributed by atoms with Crippen LogP contribution in [0.2, 0.25) is 0 Å². The number of benzene rings is 2. The molecule has 114 valence electrons. The zero-order chi connectivity index (χ0) is 16.1. The minimum atomic E-state index is -1.47. The number of amides is 1. The molecule has 0 atom stereocenters. The van der Waals surface area contributed by atoms with Crippen LogP contribution in [0.1, 0.15) is 5.56 Å². The van der Waals surface area contributed by atoms with Crippen LogP contribution in [-0.4, -0.2) is 11.0 Å². The molecular weight excluding hydrogens is 298 g/mol. The second kappa shape index (κ2) is 6.61. The molecule has 6 nitrogen and oxygen atoms in total. The Kier molecular flexibility index (Phi) is 4.62. The molecule has 0 unspecified atom stereocenters. The van der Waals surface area contributed by atoms with Gasteiger partial charge < -0.3 is 4.74 Å². The van der Waals surface area contributed by atoms with E-state index in [1.165, 1.54) is 0 Å². The third-order valence-electron chi connectivity index (χ3n) is 2.71. The van der Waals surface area contributed by atoms with Crippen LogP contribution in [0.25, 0.3) is 0 Å². The first-order valence-corrected chi connectivity index (χ1v) is 6.09. The first kappa shape index (κ1) is 15.4. The van der Waals surface area contributed by atoms with E-state index >= 15 is 0 Å². The van der Waals surface area contributed by atoms with Gasteiger partial charge in [0.05, 0.1) is 4.92 Å². The zero-order valence-electron chi connectivity index (χ0n) is 11.1. The van der Waals surface area contributed by atoms with E-state index in [1.54, 1.807) is 30.3 Å². The molecule has 0 fully saturated rings. The lowest BCUT2D eigenvalue weighted by molar-refractivity contribution is -0.387. The number of nitro groups is 1. The number of ether oxygens (including phenoxy) is 1. The predicted octanol–water partition coefficient (Wildman–Crippen LogP) is 3.62. The van der Waals surface area contributed by atoms with E-state index in [9.17, 15) is 23.7 Å². The Morgan fingerprint density at radius 2 is 1.86 bits per heavy atom. The highest BCUT2D eigenvalue weighted by Crippen LogP contribution is 2.27. The van der Waals surface area contributed by atoms with Crippen molar-refractivity contribution < 1.29 is 23.2 Å². The highest BCUT2D eigenvalue weighted by Gasteiger charge is 2.23. The summed E-state index contributed by atoms with van der Waals surface area (Å²) in [6.07, 6.45) is -1.12. The maximum absolute atomic E-state index is 13.8. The van der Waals surface area contributed by atoms with Crippen molar-refractivity contribution >= 4 is 17.5 Å². The fourth-order valence-electron chi connectivity index (χ4n) is 1.66. The summed E-state index contributed by atoms with van der Waals surface area (Å²) < 4.78 is 32.0. The molecule has 0 aliphatic rings. The van der Waals surface area contributed by atoms with Gasteiger partial charge in [-0.25, -0.2) is 9.18 Å². The number of hydrogen-bond acceptors (Lipinski definition) is 4. The van der Waals surface area contributed by atoms with Gasteiger partial charge in [0.15, 0.2) is 0 Å². The third kappa shape index (κ3) is 3.54. The lowest BCUT2D eigenvalue weighted by Crippen LogP contribution is -2.16. The minimum Gasteiger partial charge on any atom is -0.444 e. The van der Waals surface area contributed by atoms with Crippen molar-refractivity contribution in [1.82, 2.24) is 0 Å². The minimum absolute atomic E-state index is 0.106. The molecule has 0 aliphatic heterocycles. The van der Waals surface area contributed by atoms with Crippen LogP contribution in [-0.2, 0) is 11.3 Å². The molecule has 2 aromatic rings. The summed E-state index contributed by atoms with van der Waals surface area (Å²) in [6.45, 7) is -0.106. The fourth-order valence-corrected chi connectivity index (χ4v) is 1.66. The summed E-state index contributed by atoms with van der Waals surface area (Å²) in [4.78, 5) is 21.1. The van der Waals surface area contributed by atoms with E-state index in [-0.39, 0.29) is 6.61 Å². The Hall–Kier alpha value is -3.03. The molecule has 0 aromatic heterocycles. The van der Waals surface area contributed by atoms with Gasteiger partial charge in [-0.3, -0.25) is 15.4 Å². The summed E-state index contributed by atoms with van der Waals surface area (Å²) in [5.74, 6) is -2.61. The second-order valence-electron chi connectivity index (χ2n) is 4.20. The number of carbonyl (C=O) groups excluding carboxylic acids is 1. The van der Waals surface area contributed by atoms with E-state index in [1.807, 2.05) is 5.32 Å². The first-order valence-electron chi connectivity index (χ1n) is 6.09. The van der Waals surface area contributed by atoms with Gasteiger partial charge in [0.1, 0.15) is 18.1 Å². The van der Waals surface area contributed by atoms with E-state index in [0.717, 1.165) is 0 Å². The Morgan fingerprint density at radius 1 is 1.18 bits per heavy atom. The first-order chi connectivity index (χ1) is 10.5. The number of rotatable bonds is 4. The number of nitrogens with zero attached hydrogens (tertiary/aromatic N) is 1. The molecule has 8 heteroatoms. The summed E-state index contributed by atoms with van der Waals surface area (Å²) in [6, 6.07) is 9.99. The highest BCUT2D eigenvalue weighted by molar-refractivity contribution is 5.85. The lowest BCUT2D eigenvalue weighted by Gasteiger charge is -2.08. The molecule has 1 amide bonds. The van der Waals surface area contributed by atoms with Crippen LogP contribution in [0.3, 0.4) is 0 Å². The van der Waals surface area contributed by atoms with Crippen LogP contribution in [0.15, 0.2) is 42.5 Å². The Labute approximate surface area is 123 Å². The summed E-state index contributed by atoms with van der Waals surface area (Å²) in [5, 5.41) is 12.4. The Morgan fingerprint density at radius 3 is 2.50 bits per heavy atom. The van der Waals surface area contributed by atoms with Crippen LogP contribution >= 0.6 is 0 Å². The summed E-state index contributed by atoms with van der Waals surface area (Å²) >= 11 is 0. The monoisotopic (exact) mass is 308 g/mol. The number of hydrogen-bond donors (Lipinski definition) is 1. The van der Waals surface area contributed by atoms with Gasteiger partial charge >= 0.3 is 11.8 Å². The zero-order valence-corrected chi connectivity index (χ0v) is 11.1. The molecule has 0 saturated carbocycles. The standard InChI is InChI=1S/C14H10F2N2O4/c15-10-6-7-11(18(20)21)12(16)13(10)17-14(19)22-8-9-4-2-1-3-5-9/h1-7H,8H2,(H,17,19). The number of nitro benzene ring substituents is 1. The highest BCUT2D eigenvalue weighted by atomic mass is 19.1. The van der Waals surface area contributed by atoms with Crippen LogP contribution in [0.5, 0.6) is 0 Å². The lowest BCUT2D eigenvalue weighted by atomic mass is 10.2.